The third-order valence-corrected chi connectivity index (χ3v) is 1.67. The Balaban J connectivity index is 2.36. The van der Waals surface area contributed by atoms with Gasteiger partial charge in [0.1, 0.15) is 5.76 Å². The molecular weight excluding hydrogens is 138 g/mol. The van der Waals surface area contributed by atoms with E-state index in [0.29, 0.717) is 6.04 Å². The summed E-state index contributed by atoms with van der Waals surface area (Å²) in [6.45, 7) is 5.30. The van der Waals surface area contributed by atoms with Crippen LogP contribution in [0.5, 0.6) is 0 Å². The summed E-state index contributed by atoms with van der Waals surface area (Å²) in [7, 11) is 0. The number of rotatable bonds is 4. The van der Waals surface area contributed by atoms with Crippen LogP contribution in [-0.4, -0.2) is 6.54 Å². The van der Waals surface area contributed by atoms with E-state index in [1.807, 2.05) is 12.1 Å². The van der Waals surface area contributed by atoms with Crippen LogP contribution in [-0.2, 0) is 0 Å². The van der Waals surface area contributed by atoms with Gasteiger partial charge in [-0.15, -0.1) is 0 Å². The largest absolute Gasteiger partial charge is 0.468 e. The molecule has 0 amide bonds. The molecule has 11 heavy (non-hydrogen) atoms. The Hall–Kier alpha value is -0.760. The van der Waals surface area contributed by atoms with E-state index in [4.69, 9.17) is 4.42 Å². The fourth-order valence-electron chi connectivity index (χ4n) is 0.999. The maximum Gasteiger partial charge on any atom is 0.120 e. The highest BCUT2D eigenvalue weighted by molar-refractivity contribution is 5.02. The average Bonchev–Trinajstić information content (AvgIpc) is 2.52. The van der Waals surface area contributed by atoms with Crippen molar-refractivity contribution in [1.82, 2.24) is 5.32 Å². The number of furan rings is 1. The molecule has 0 aliphatic rings. The van der Waals surface area contributed by atoms with Crippen LogP contribution in [0.4, 0.5) is 0 Å². The van der Waals surface area contributed by atoms with Gasteiger partial charge >= 0.3 is 0 Å². The van der Waals surface area contributed by atoms with Crippen molar-refractivity contribution in [2.24, 2.45) is 0 Å². The van der Waals surface area contributed by atoms with Crippen molar-refractivity contribution in [1.29, 1.82) is 0 Å². The third-order valence-electron chi connectivity index (χ3n) is 1.67. The minimum absolute atomic E-state index is 0.338. The Morgan fingerprint density at radius 1 is 1.64 bits per heavy atom. The van der Waals surface area contributed by atoms with Crippen LogP contribution in [0.3, 0.4) is 0 Å². The van der Waals surface area contributed by atoms with Crippen LogP contribution in [0.1, 0.15) is 32.1 Å². The fraction of sp³-hybridized carbons (Fsp3) is 0.556. The first-order valence-corrected chi connectivity index (χ1v) is 4.11. The molecule has 0 fully saturated rings. The highest BCUT2D eigenvalue weighted by atomic mass is 16.3. The Bertz CT molecular complexity index is 181. The monoisotopic (exact) mass is 153 g/mol. The highest BCUT2D eigenvalue weighted by Crippen LogP contribution is 2.11. The normalized spacial score (nSPS) is 13.3. The number of hydrogen-bond acceptors (Lipinski definition) is 2. The van der Waals surface area contributed by atoms with Gasteiger partial charge in [-0.2, -0.15) is 0 Å². The predicted molar refractivity (Wildman–Crippen MR) is 45.4 cm³/mol. The lowest BCUT2D eigenvalue weighted by Gasteiger charge is -2.08. The zero-order chi connectivity index (χ0) is 8.10. The van der Waals surface area contributed by atoms with Crippen molar-refractivity contribution in [3.63, 3.8) is 0 Å². The molecule has 0 saturated carbocycles. The van der Waals surface area contributed by atoms with Gasteiger partial charge < -0.3 is 9.73 Å². The number of hydrogen-bond donors (Lipinski definition) is 1. The molecule has 0 radical (unpaired) electrons. The van der Waals surface area contributed by atoms with Gasteiger partial charge in [-0.25, -0.2) is 0 Å². The Kier molecular flexibility index (Phi) is 3.17. The van der Waals surface area contributed by atoms with Gasteiger partial charge in [0, 0.05) is 0 Å². The number of nitrogens with one attached hydrogen (secondary N) is 1. The van der Waals surface area contributed by atoms with Crippen LogP contribution < -0.4 is 5.32 Å². The molecule has 2 nitrogen and oxygen atoms in total. The van der Waals surface area contributed by atoms with E-state index < -0.39 is 0 Å². The van der Waals surface area contributed by atoms with Crippen molar-refractivity contribution in [2.45, 2.75) is 26.3 Å². The summed E-state index contributed by atoms with van der Waals surface area (Å²) in [6.07, 6.45) is 2.87. The maximum absolute atomic E-state index is 5.23. The van der Waals surface area contributed by atoms with Crippen LogP contribution >= 0.6 is 0 Å². The molecule has 1 N–H and O–H groups in total. The van der Waals surface area contributed by atoms with E-state index in [1.54, 1.807) is 6.26 Å². The zero-order valence-corrected chi connectivity index (χ0v) is 7.13. The van der Waals surface area contributed by atoms with E-state index in [0.717, 1.165) is 18.7 Å². The summed E-state index contributed by atoms with van der Waals surface area (Å²) < 4.78 is 5.23. The van der Waals surface area contributed by atoms with E-state index in [9.17, 15) is 0 Å². The molecule has 1 atom stereocenters. The summed E-state index contributed by atoms with van der Waals surface area (Å²) in [4.78, 5) is 0. The predicted octanol–water partition coefficient (Wildman–Crippen LogP) is 2.34. The first-order chi connectivity index (χ1) is 5.34. The standard InChI is InChI=1S/C9H15NO/c1-3-6-10-8(2)9-5-4-7-11-9/h4-5,7-8,10H,3,6H2,1-2H3/t8-/m1/s1. The SMILES string of the molecule is CCCN[C@H](C)c1ccco1. The maximum atomic E-state index is 5.23. The lowest BCUT2D eigenvalue weighted by molar-refractivity contribution is 0.431. The molecular formula is C9H15NO. The Morgan fingerprint density at radius 2 is 2.45 bits per heavy atom. The molecule has 1 aromatic heterocycles. The van der Waals surface area contributed by atoms with Gasteiger partial charge in [-0.3, -0.25) is 0 Å². The molecule has 1 rings (SSSR count). The molecule has 0 spiro atoms. The minimum atomic E-state index is 0.338. The summed E-state index contributed by atoms with van der Waals surface area (Å²) in [6, 6.07) is 4.25. The molecule has 1 aromatic rings. The summed E-state index contributed by atoms with van der Waals surface area (Å²) >= 11 is 0. The van der Waals surface area contributed by atoms with Crippen molar-refractivity contribution in [2.75, 3.05) is 6.54 Å². The van der Waals surface area contributed by atoms with E-state index in [-0.39, 0.29) is 0 Å². The lowest BCUT2D eigenvalue weighted by Crippen LogP contribution is -2.18. The van der Waals surface area contributed by atoms with Crippen LogP contribution in [0, 0.1) is 0 Å². The Morgan fingerprint density at radius 3 is 3.00 bits per heavy atom. The molecule has 2 heteroatoms. The molecule has 0 aliphatic carbocycles. The Labute approximate surface area is 67.6 Å². The van der Waals surface area contributed by atoms with E-state index >= 15 is 0 Å². The first-order valence-electron chi connectivity index (χ1n) is 4.11. The summed E-state index contributed by atoms with van der Waals surface area (Å²) in [5, 5.41) is 3.34. The lowest BCUT2D eigenvalue weighted by atomic mass is 10.2. The summed E-state index contributed by atoms with van der Waals surface area (Å²) in [5.74, 6) is 1.01. The van der Waals surface area contributed by atoms with Gasteiger partial charge in [0.2, 0.25) is 0 Å². The molecule has 62 valence electrons. The van der Waals surface area contributed by atoms with E-state index in [1.165, 1.54) is 0 Å². The van der Waals surface area contributed by atoms with Crippen LogP contribution in [0.25, 0.3) is 0 Å². The van der Waals surface area contributed by atoms with Gasteiger partial charge in [0.25, 0.3) is 0 Å². The van der Waals surface area contributed by atoms with Crippen molar-refractivity contribution >= 4 is 0 Å². The molecule has 1 heterocycles. The van der Waals surface area contributed by atoms with Crippen molar-refractivity contribution in [3.8, 4) is 0 Å². The van der Waals surface area contributed by atoms with E-state index in [2.05, 4.69) is 19.2 Å². The smallest absolute Gasteiger partial charge is 0.120 e. The average molecular weight is 153 g/mol. The molecule has 0 saturated heterocycles. The molecule has 0 aromatic carbocycles. The van der Waals surface area contributed by atoms with Gasteiger partial charge in [-0.05, 0) is 32.0 Å². The van der Waals surface area contributed by atoms with Crippen LogP contribution in [0.15, 0.2) is 22.8 Å². The summed E-state index contributed by atoms with van der Waals surface area (Å²) in [5.41, 5.74) is 0. The second kappa shape index (κ2) is 4.19. The van der Waals surface area contributed by atoms with Gasteiger partial charge in [0.15, 0.2) is 0 Å². The van der Waals surface area contributed by atoms with Gasteiger partial charge in [-0.1, -0.05) is 6.92 Å². The zero-order valence-electron chi connectivity index (χ0n) is 7.13. The van der Waals surface area contributed by atoms with Gasteiger partial charge in [0.05, 0.1) is 12.3 Å². The molecule has 0 bridgehead atoms. The third kappa shape index (κ3) is 2.39. The highest BCUT2D eigenvalue weighted by Gasteiger charge is 2.04. The molecule has 0 aliphatic heterocycles. The quantitative estimate of drug-likeness (QED) is 0.718. The molecule has 0 unspecified atom stereocenters. The second-order valence-electron chi connectivity index (χ2n) is 2.69. The first kappa shape index (κ1) is 8.34. The van der Waals surface area contributed by atoms with Crippen LogP contribution in [0.2, 0.25) is 0 Å². The van der Waals surface area contributed by atoms with Crippen molar-refractivity contribution in [3.05, 3.63) is 24.2 Å². The van der Waals surface area contributed by atoms with Crippen molar-refractivity contribution < 1.29 is 4.42 Å². The fourth-order valence-corrected chi connectivity index (χ4v) is 0.999. The topological polar surface area (TPSA) is 25.2 Å². The minimum Gasteiger partial charge on any atom is -0.468 e. The second-order valence-corrected chi connectivity index (χ2v) is 2.69.